The van der Waals surface area contributed by atoms with Crippen LogP contribution in [0, 0.1) is 0 Å². The number of benzene rings is 4. The van der Waals surface area contributed by atoms with Gasteiger partial charge in [0.15, 0.2) is 0 Å². The molecule has 0 saturated heterocycles. The topological polar surface area (TPSA) is 57.8 Å². The zero-order valence-corrected chi connectivity index (χ0v) is 19.0. The lowest BCUT2D eigenvalue weighted by molar-refractivity contribution is 0.0953. The van der Waals surface area contributed by atoms with E-state index in [2.05, 4.69) is 82.2 Å². The van der Waals surface area contributed by atoms with Crippen molar-refractivity contribution in [2.75, 3.05) is 6.54 Å². The van der Waals surface area contributed by atoms with Gasteiger partial charge in [0.1, 0.15) is 0 Å². The van der Waals surface area contributed by atoms with E-state index in [4.69, 9.17) is 0 Å². The molecule has 2 N–H and O–H groups in total. The minimum atomic E-state index is -0.0373. The third-order valence-electron chi connectivity index (χ3n) is 6.12. The van der Waals surface area contributed by atoms with Gasteiger partial charge in [0.2, 0.25) is 0 Å². The van der Waals surface area contributed by atoms with Crippen LogP contribution in [0.3, 0.4) is 0 Å². The molecule has 168 valence electrons. The number of amides is 1. The number of nitrogens with zero attached hydrogens (tertiary/aromatic N) is 1. The Morgan fingerprint density at radius 2 is 1.56 bits per heavy atom. The molecule has 1 amide bonds. The molecule has 5 rings (SSSR count). The van der Waals surface area contributed by atoms with Gasteiger partial charge < -0.3 is 5.32 Å². The molecule has 0 aliphatic rings. The molecule has 4 aromatic carbocycles. The van der Waals surface area contributed by atoms with Crippen molar-refractivity contribution in [1.82, 2.24) is 15.5 Å². The van der Waals surface area contributed by atoms with E-state index in [-0.39, 0.29) is 5.91 Å². The molecule has 0 bridgehead atoms. The molecule has 4 nitrogen and oxygen atoms in total. The van der Waals surface area contributed by atoms with Gasteiger partial charge in [-0.25, -0.2) is 0 Å². The molecule has 0 spiro atoms. The Morgan fingerprint density at radius 3 is 2.41 bits per heavy atom. The molecular weight excluding hydrogens is 418 g/mol. The fourth-order valence-electron chi connectivity index (χ4n) is 4.26. The normalized spacial score (nSPS) is 10.9. The number of aromatic nitrogens is 2. The molecule has 0 unspecified atom stereocenters. The number of carbonyl (C=O) groups is 1. The van der Waals surface area contributed by atoms with Crippen molar-refractivity contribution in [3.63, 3.8) is 0 Å². The highest BCUT2D eigenvalue weighted by Gasteiger charge is 2.10. The molecule has 0 aliphatic heterocycles. The van der Waals surface area contributed by atoms with Crippen LogP contribution in [0.5, 0.6) is 0 Å². The molecule has 0 radical (unpaired) electrons. The largest absolute Gasteiger partial charge is 0.352 e. The number of aromatic amines is 1. The van der Waals surface area contributed by atoms with Gasteiger partial charge in [-0.05, 0) is 53.8 Å². The predicted molar refractivity (Wildman–Crippen MR) is 139 cm³/mol. The lowest BCUT2D eigenvalue weighted by atomic mass is 10.0. The fraction of sp³-hybridized carbons (Fsp3) is 0.133. The minimum absolute atomic E-state index is 0.0373. The van der Waals surface area contributed by atoms with Gasteiger partial charge >= 0.3 is 0 Å². The molecule has 34 heavy (non-hydrogen) atoms. The van der Waals surface area contributed by atoms with E-state index in [1.165, 1.54) is 16.3 Å². The zero-order valence-electron chi connectivity index (χ0n) is 19.0. The molecule has 0 aliphatic carbocycles. The third kappa shape index (κ3) is 4.91. The Labute approximate surface area is 199 Å². The number of unbranched alkanes of at least 4 members (excludes halogenated alkanes) is 1. The standard InChI is InChI=1S/C30H27N3O/c34-30(31-20-7-6-11-22-9-2-1-3-10-22)25-18-16-24(17-19-25)28-21-29(33-32-28)27-15-8-13-23-12-4-5-14-26(23)27/h1-5,8-10,12-19,21H,6-7,11,20H2,(H,31,34)(H,32,33). The first-order valence-electron chi connectivity index (χ1n) is 11.7. The summed E-state index contributed by atoms with van der Waals surface area (Å²) in [6, 6.07) is 34.8. The highest BCUT2D eigenvalue weighted by molar-refractivity contribution is 5.96. The van der Waals surface area contributed by atoms with E-state index in [0.29, 0.717) is 12.1 Å². The van der Waals surface area contributed by atoms with Gasteiger partial charge in [-0.1, -0.05) is 84.9 Å². The van der Waals surface area contributed by atoms with Crippen molar-refractivity contribution in [2.45, 2.75) is 19.3 Å². The summed E-state index contributed by atoms with van der Waals surface area (Å²) in [6.45, 7) is 0.682. The first-order valence-corrected chi connectivity index (χ1v) is 11.7. The second-order valence-electron chi connectivity index (χ2n) is 8.47. The number of aryl methyl sites for hydroxylation is 1. The van der Waals surface area contributed by atoms with Crippen LogP contribution < -0.4 is 5.32 Å². The van der Waals surface area contributed by atoms with Gasteiger partial charge in [-0.2, -0.15) is 5.10 Å². The lowest BCUT2D eigenvalue weighted by Gasteiger charge is -2.06. The van der Waals surface area contributed by atoms with Gasteiger partial charge in [-0.15, -0.1) is 0 Å². The van der Waals surface area contributed by atoms with E-state index < -0.39 is 0 Å². The number of H-pyrrole nitrogens is 1. The van der Waals surface area contributed by atoms with Crippen LogP contribution in [0.15, 0.2) is 103 Å². The Balaban J connectivity index is 1.19. The number of fused-ring (bicyclic) bond motifs is 1. The van der Waals surface area contributed by atoms with Gasteiger partial charge in [-0.3, -0.25) is 9.89 Å². The van der Waals surface area contributed by atoms with Crippen LogP contribution in [-0.2, 0) is 6.42 Å². The second-order valence-corrected chi connectivity index (χ2v) is 8.47. The van der Waals surface area contributed by atoms with Crippen LogP contribution in [0.4, 0.5) is 0 Å². The number of rotatable bonds is 8. The summed E-state index contributed by atoms with van der Waals surface area (Å²) in [5, 5.41) is 13.1. The van der Waals surface area contributed by atoms with Crippen molar-refractivity contribution < 1.29 is 4.79 Å². The Bertz CT molecular complexity index is 1380. The van der Waals surface area contributed by atoms with Gasteiger partial charge in [0, 0.05) is 23.2 Å². The monoisotopic (exact) mass is 445 g/mol. The maximum atomic E-state index is 12.5. The van der Waals surface area contributed by atoms with E-state index in [1.807, 2.05) is 36.4 Å². The predicted octanol–water partition coefficient (Wildman–Crippen LogP) is 6.65. The summed E-state index contributed by atoms with van der Waals surface area (Å²) in [5.74, 6) is -0.0373. The van der Waals surface area contributed by atoms with E-state index in [9.17, 15) is 4.79 Å². The molecular formula is C30H27N3O. The quantitative estimate of drug-likeness (QED) is 0.263. The molecule has 0 fully saturated rings. The summed E-state index contributed by atoms with van der Waals surface area (Å²) in [5.41, 5.74) is 5.94. The summed E-state index contributed by atoms with van der Waals surface area (Å²) < 4.78 is 0. The maximum Gasteiger partial charge on any atom is 0.251 e. The van der Waals surface area contributed by atoms with Gasteiger partial charge in [0.25, 0.3) is 5.91 Å². The third-order valence-corrected chi connectivity index (χ3v) is 6.12. The van der Waals surface area contributed by atoms with Crippen molar-refractivity contribution >= 4 is 16.7 Å². The van der Waals surface area contributed by atoms with Crippen LogP contribution in [0.1, 0.15) is 28.8 Å². The number of carbonyl (C=O) groups excluding carboxylic acids is 1. The lowest BCUT2D eigenvalue weighted by Crippen LogP contribution is -2.24. The zero-order chi connectivity index (χ0) is 23.2. The number of hydrogen-bond donors (Lipinski definition) is 2. The summed E-state index contributed by atoms with van der Waals surface area (Å²) in [4.78, 5) is 12.5. The number of hydrogen-bond acceptors (Lipinski definition) is 2. The molecule has 1 heterocycles. The molecule has 5 aromatic rings. The number of nitrogens with one attached hydrogen (secondary N) is 2. The van der Waals surface area contributed by atoms with E-state index in [1.54, 1.807) is 0 Å². The minimum Gasteiger partial charge on any atom is -0.352 e. The molecule has 0 saturated carbocycles. The van der Waals surface area contributed by atoms with E-state index in [0.717, 1.165) is 41.8 Å². The fourth-order valence-corrected chi connectivity index (χ4v) is 4.26. The van der Waals surface area contributed by atoms with Crippen molar-refractivity contribution in [3.05, 3.63) is 114 Å². The van der Waals surface area contributed by atoms with Crippen LogP contribution in [0.25, 0.3) is 33.3 Å². The summed E-state index contributed by atoms with van der Waals surface area (Å²) in [6.07, 6.45) is 3.06. The van der Waals surface area contributed by atoms with Gasteiger partial charge in [0.05, 0.1) is 11.4 Å². The molecule has 1 aromatic heterocycles. The average molecular weight is 446 g/mol. The Hall–Kier alpha value is -4.18. The maximum absolute atomic E-state index is 12.5. The van der Waals surface area contributed by atoms with Crippen molar-refractivity contribution in [1.29, 1.82) is 0 Å². The second kappa shape index (κ2) is 10.2. The first kappa shape index (κ1) is 21.7. The molecule has 4 heteroatoms. The Kier molecular flexibility index (Phi) is 6.48. The molecule has 0 atom stereocenters. The smallest absolute Gasteiger partial charge is 0.251 e. The Morgan fingerprint density at radius 1 is 0.794 bits per heavy atom. The van der Waals surface area contributed by atoms with E-state index >= 15 is 0 Å². The van der Waals surface area contributed by atoms with Crippen molar-refractivity contribution in [2.24, 2.45) is 0 Å². The SMILES string of the molecule is O=C(NCCCCc1ccccc1)c1ccc(-c2cc(-c3cccc4ccccc34)[nH]n2)cc1. The average Bonchev–Trinajstić information content (AvgIpc) is 3.39. The summed E-state index contributed by atoms with van der Waals surface area (Å²) in [7, 11) is 0. The van der Waals surface area contributed by atoms with Crippen LogP contribution in [-0.4, -0.2) is 22.6 Å². The summed E-state index contributed by atoms with van der Waals surface area (Å²) >= 11 is 0. The van der Waals surface area contributed by atoms with Crippen molar-refractivity contribution in [3.8, 4) is 22.5 Å². The highest BCUT2D eigenvalue weighted by Crippen LogP contribution is 2.29. The first-order chi connectivity index (χ1) is 16.8. The van der Waals surface area contributed by atoms with Crippen LogP contribution in [0.2, 0.25) is 0 Å². The van der Waals surface area contributed by atoms with Crippen LogP contribution >= 0.6 is 0 Å². The highest BCUT2D eigenvalue weighted by atomic mass is 16.1.